The number of hydrogen-bond donors (Lipinski definition) is 3. The molecule has 0 bridgehead atoms. The zero-order valence-corrected chi connectivity index (χ0v) is 17.0. The van der Waals surface area contributed by atoms with Gasteiger partial charge in [0.2, 0.25) is 0 Å². The number of nitrogens with zero attached hydrogens (tertiary/aromatic N) is 4. The molecule has 0 aromatic carbocycles. The zero-order valence-electron chi connectivity index (χ0n) is 17.0. The van der Waals surface area contributed by atoms with Crippen LogP contribution in [0.2, 0.25) is 0 Å². The second-order valence-corrected chi connectivity index (χ2v) is 7.11. The molecule has 31 heavy (non-hydrogen) atoms. The molecule has 2 aliphatic rings. The highest BCUT2D eigenvalue weighted by Crippen LogP contribution is 2.12. The Hall–Kier alpha value is -2.65. The maximum atomic E-state index is 12.2. The molecule has 174 valence electrons. The lowest BCUT2D eigenvalue weighted by molar-refractivity contribution is -0.198. The van der Waals surface area contributed by atoms with Crippen LogP contribution in [0.25, 0.3) is 0 Å². The Balaban J connectivity index is 1.95. The van der Waals surface area contributed by atoms with E-state index in [0.29, 0.717) is 24.7 Å². The highest BCUT2D eigenvalue weighted by atomic mass is 16.7. The quantitative estimate of drug-likeness (QED) is 0.343. The van der Waals surface area contributed by atoms with E-state index >= 15 is 0 Å². The average molecular weight is 445 g/mol. The highest BCUT2D eigenvalue weighted by Gasteiger charge is 2.33. The third-order valence-corrected chi connectivity index (χ3v) is 4.61. The number of imide groups is 1. The van der Waals surface area contributed by atoms with Crippen molar-refractivity contribution in [2.45, 2.75) is 12.8 Å². The van der Waals surface area contributed by atoms with Gasteiger partial charge in [-0.05, 0) is 0 Å². The fraction of sp³-hybridized carbons (Fsp3) is 0.706. The number of aliphatic carboxylic acids is 2. The molecule has 0 unspecified atom stereocenters. The first kappa shape index (κ1) is 24.6. The average Bonchev–Trinajstić information content (AvgIpc) is 2.99. The minimum absolute atomic E-state index is 0.000130. The van der Waals surface area contributed by atoms with Gasteiger partial charge >= 0.3 is 17.9 Å². The summed E-state index contributed by atoms with van der Waals surface area (Å²) in [5, 5.41) is 18.6. The van der Waals surface area contributed by atoms with E-state index in [1.165, 1.54) is 4.90 Å². The molecule has 14 heteroatoms. The molecule has 0 aliphatic carbocycles. The zero-order chi connectivity index (χ0) is 22.8. The van der Waals surface area contributed by atoms with Crippen LogP contribution in [0.15, 0.2) is 0 Å². The molecule has 2 rings (SSSR count). The summed E-state index contributed by atoms with van der Waals surface area (Å²) in [6.07, 6.45) is 0.000260. The van der Waals surface area contributed by atoms with Crippen LogP contribution >= 0.6 is 0 Å². The van der Waals surface area contributed by atoms with E-state index in [1.807, 2.05) is 0 Å². The van der Waals surface area contributed by atoms with Crippen molar-refractivity contribution in [2.75, 3.05) is 65.6 Å². The van der Waals surface area contributed by atoms with Crippen LogP contribution in [-0.2, 0) is 33.6 Å². The standard InChI is InChI=1S/C17H27N5O9/c23-13-1-2-14(24)22(13)31-17(29)11-19-4-3-18-30-12-21(10-16(27)28)8-7-20(6-5-19)9-15(25)26/h18H,1-12H2,(H,25,26)(H,27,28). The molecule has 0 radical (unpaired) electrons. The van der Waals surface area contributed by atoms with E-state index < -0.39 is 29.7 Å². The van der Waals surface area contributed by atoms with Gasteiger partial charge in [-0.1, -0.05) is 0 Å². The molecule has 0 aromatic heterocycles. The Morgan fingerprint density at radius 3 is 1.94 bits per heavy atom. The van der Waals surface area contributed by atoms with Crippen molar-refractivity contribution < 1.29 is 43.9 Å². The van der Waals surface area contributed by atoms with E-state index in [0.717, 1.165) is 0 Å². The number of amides is 2. The highest BCUT2D eigenvalue weighted by molar-refractivity contribution is 6.01. The van der Waals surface area contributed by atoms with Crippen LogP contribution in [0.4, 0.5) is 0 Å². The molecular weight excluding hydrogens is 418 g/mol. The Bertz CT molecular complexity index is 673. The van der Waals surface area contributed by atoms with Crippen LogP contribution in [0.3, 0.4) is 0 Å². The molecule has 0 spiro atoms. The van der Waals surface area contributed by atoms with Crippen molar-refractivity contribution in [1.82, 2.24) is 25.2 Å². The Morgan fingerprint density at radius 2 is 1.35 bits per heavy atom. The van der Waals surface area contributed by atoms with Gasteiger partial charge in [-0.25, -0.2) is 4.79 Å². The Morgan fingerprint density at radius 1 is 0.839 bits per heavy atom. The van der Waals surface area contributed by atoms with Gasteiger partial charge in [0.15, 0.2) is 0 Å². The lowest BCUT2D eigenvalue weighted by Crippen LogP contribution is -2.47. The van der Waals surface area contributed by atoms with Gasteiger partial charge in [0.25, 0.3) is 11.8 Å². The fourth-order valence-electron chi connectivity index (χ4n) is 3.06. The molecule has 0 atom stereocenters. The minimum atomic E-state index is -1.04. The Kier molecular flexibility index (Phi) is 9.74. The van der Waals surface area contributed by atoms with Gasteiger partial charge in [-0.15, -0.1) is 5.06 Å². The van der Waals surface area contributed by atoms with Crippen molar-refractivity contribution in [3.63, 3.8) is 0 Å². The van der Waals surface area contributed by atoms with Gasteiger partial charge in [-0.3, -0.25) is 38.7 Å². The summed E-state index contributed by atoms with van der Waals surface area (Å²) in [6.45, 7) is 0.989. The SMILES string of the molecule is O=C(O)CN1CCN(CC(=O)O)CONCCN(CC(=O)ON2C(=O)CCC2=O)CC1. The first-order valence-corrected chi connectivity index (χ1v) is 9.76. The van der Waals surface area contributed by atoms with E-state index in [4.69, 9.17) is 19.9 Å². The maximum Gasteiger partial charge on any atom is 0.347 e. The number of carbonyl (C=O) groups is 5. The fourth-order valence-corrected chi connectivity index (χ4v) is 3.06. The number of carboxylic acids is 2. The molecule has 2 aliphatic heterocycles. The molecular formula is C17H27N5O9. The van der Waals surface area contributed by atoms with Gasteiger partial charge in [0.1, 0.15) is 6.73 Å². The maximum absolute atomic E-state index is 12.2. The van der Waals surface area contributed by atoms with Crippen LogP contribution in [0, 0.1) is 0 Å². The molecule has 2 amide bonds. The predicted molar refractivity (Wildman–Crippen MR) is 101 cm³/mol. The predicted octanol–water partition coefficient (Wildman–Crippen LogP) is -2.84. The van der Waals surface area contributed by atoms with Crippen LogP contribution in [-0.4, -0.2) is 125 Å². The van der Waals surface area contributed by atoms with Gasteiger partial charge < -0.3 is 15.1 Å². The summed E-state index contributed by atoms with van der Waals surface area (Å²) in [5.41, 5.74) is 2.69. The number of rotatable bonds is 7. The summed E-state index contributed by atoms with van der Waals surface area (Å²) in [5.74, 6) is -3.98. The number of carboxylic acid groups (broad SMARTS) is 2. The number of carbonyl (C=O) groups excluding carboxylic acids is 3. The molecule has 2 fully saturated rings. The van der Waals surface area contributed by atoms with Crippen molar-refractivity contribution in [2.24, 2.45) is 0 Å². The third kappa shape index (κ3) is 8.94. The van der Waals surface area contributed by atoms with Crippen LogP contribution in [0.1, 0.15) is 12.8 Å². The first-order chi connectivity index (χ1) is 14.7. The summed E-state index contributed by atoms with van der Waals surface area (Å²) in [7, 11) is 0. The van der Waals surface area contributed by atoms with Crippen LogP contribution < -0.4 is 5.48 Å². The molecule has 2 saturated heterocycles. The van der Waals surface area contributed by atoms with Gasteiger partial charge in [0, 0.05) is 52.1 Å². The first-order valence-electron chi connectivity index (χ1n) is 9.76. The second kappa shape index (κ2) is 12.3. The van der Waals surface area contributed by atoms with E-state index in [-0.39, 0.29) is 58.8 Å². The monoisotopic (exact) mass is 445 g/mol. The molecule has 0 aromatic rings. The topological polar surface area (TPSA) is 169 Å². The normalized spacial score (nSPS) is 20.8. The van der Waals surface area contributed by atoms with Crippen molar-refractivity contribution >= 4 is 29.7 Å². The van der Waals surface area contributed by atoms with E-state index in [9.17, 15) is 24.0 Å². The lowest BCUT2D eigenvalue weighted by atomic mass is 10.3. The molecule has 2 heterocycles. The van der Waals surface area contributed by atoms with Crippen molar-refractivity contribution in [1.29, 1.82) is 0 Å². The number of nitrogens with one attached hydrogen (secondary N) is 1. The summed E-state index contributed by atoms with van der Waals surface area (Å²) in [4.78, 5) is 72.5. The van der Waals surface area contributed by atoms with E-state index in [1.54, 1.807) is 9.80 Å². The van der Waals surface area contributed by atoms with Crippen molar-refractivity contribution in [3.05, 3.63) is 0 Å². The molecule has 0 saturated carbocycles. The van der Waals surface area contributed by atoms with E-state index in [2.05, 4.69) is 5.48 Å². The van der Waals surface area contributed by atoms with Crippen molar-refractivity contribution in [3.8, 4) is 0 Å². The number of hydroxylamine groups is 3. The minimum Gasteiger partial charge on any atom is -0.480 e. The largest absolute Gasteiger partial charge is 0.480 e. The number of hydrogen-bond acceptors (Lipinski definition) is 11. The third-order valence-electron chi connectivity index (χ3n) is 4.61. The summed E-state index contributed by atoms with van der Waals surface area (Å²) in [6, 6.07) is 0. The Labute approximate surface area is 178 Å². The summed E-state index contributed by atoms with van der Waals surface area (Å²) < 4.78 is 0. The lowest BCUT2D eigenvalue weighted by Gasteiger charge is -2.29. The molecule has 14 nitrogen and oxygen atoms in total. The summed E-state index contributed by atoms with van der Waals surface area (Å²) >= 11 is 0. The van der Waals surface area contributed by atoms with Gasteiger partial charge in [-0.2, -0.15) is 5.48 Å². The van der Waals surface area contributed by atoms with Crippen LogP contribution in [0.5, 0.6) is 0 Å². The van der Waals surface area contributed by atoms with Gasteiger partial charge in [0.05, 0.1) is 19.6 Å². The molecule has 3 N–H and O–H groups in total. The second-order valence-electron chi connectivity index (χ2n) is 7.11. The smallest absolute Gasteiger partial charge is 0.347 e.